The van der Waals surface area contributed by atoms with Crippen LogP contribution in [0.3, 0.4) is 0 Å². The van der Waals surface area contributed by atoms with Crippen molar-refractivity contribution in [2.45, 2.75) is 19.0 Å². The third-order valence-electron chi connectivity index (χ3n) is 2.36. The van der Waals surface area contributed by atoms with E-state index in [0.717, 1.165) is 18.8 Å². The van der Waals surface area contributed by atoms with Gasteiger partial charge in [-0.2, -0.15) is 0 Å². The van der Waals surface area contributed by atoms with Gasteiger partial charge < -0.3 is 15.0 Å². The van der Waals surface area contributed by atoms with Gasteiger partial charge in [-0.05, 0) is 12.1 Å². The minimum atomic E-state index is -0.742. The van der Waals surface area contributed by atoms with E-state index in [2.05, 4.69) is 5.32 Å². The molecule has 1 aliphatic heterocycles. The van der Waals surface area contributed by atoms with E-state index in [0.29, 0.717) is 0 Å². The first kappa shape index (κ1) is 8.31. The molecule has 13 heavy (non-hydrogen) atoms. The van der Waals surface area contributed by atoms with E-state index in [-0.39, 0.29) is 12.5 Å². The largest absolute Gasteiger partial charge is 0.481 e. The highest BCUT2D eigenvalue weighted by Crippen LogP contribution is 2.18. The molecule has 1 unspecified atom stereocenters. The monoisotopic (exact) mass is 180 g/mol. The van der Waals surface area contributed by atoms with Gasteiger partial charge in [-0.1, -0.05) is 0 Å². The number of nitrogens with one attached hydrogen (secondary N) is 1. The SMILES string of the molecule is O=C(O)CC1CNCc2cccn21. The first-order valence-electron chi connectivity index (χ1n) is 4.35. The maximum absolute atomic E-state index is 10.6. The zero-order chi connectivity index (χ0) is 9.26. The van der Waals surface area contributed by atoms with Crippen molar-refractivity contribution in [3.63, 3.8) is 0 Å². The Hall–Kier alpha value is -1.29. The highest BCUT2D eigenvalue weighted by atomic mass is 16.4. The Morgan fingerprint density at radius 3 is 3.38 bits per heavy atom. The van der Waals surface area contributed by atoms with E-state index in [1.165, 1.54) is 0 Å². The van der Waals surface area contributed by atoms with Gasteiger partial charge in [0, 0.05) is 25.0 Å². The maximum atomic E-state index is 10.6. The lowest BCUT2D eigenvalue weighted by molar-refractivity contribution is -0.137. The summed E-state index contributed by atoms with van der Waals surface area (Å²) >= 11 is 0. The molecule has 0 fully saturated rings. The second-order valence-electron chi connectivity index (χ2n) is 3.29. The molecule has 1 aromatic heterocycles. The van der Waals surface area contributed by atoms with Crippen LogP contribution in [0.5, 0.6) is 0 Å². The highest BCUT2D eigenvalue weighted by Gasteiger charge is 2.20. The summed E-state index contributed by atoms with van der Waals surface area (Å²) in [4.78, 5) is 10.6. The van der Waals surface area contributed by atoms with Crippen molar-refractivity contribution in [3.05, 3.63) is 24.0 Å². The number of fused-ring (bicyclic) bond motifs is 1. The van der Waals surface area contributed by atoms with E-state index in [1.54, 1.807) is 0 Å². The van der Waals surface area contributed by atoms with E-state index in [4.69, 9.17) is 5.11 Å². The fraction of sp³-hybridized carbons (Fsp3) is 0.444. The van der Waals surface area contributed by atoms with Crippen LogP contribution in [0.1, 0.15) is 18.2 Å². The fourth-order valence-corrected chi connectivity index (χ4v) is 1.77. The number of carbonyl (C=O) groups is 1. The molecule has 4 heteroatoms. The number of nitrogens with zero attached hydrogens (tertiary/aromatic N) is 1. The first-order chi connectivity index (χ1) is 6.27. The average Bonchev–Trinajstić information content (AvgIpc) is 2.51. The average molecular weight is 180 g/mol. The van der Waals surface area contributed by atoms with Gasteiger partial charge in [0.05, 0.1) is 12.5 Å². The van der Waals surface area contributed by atoms with E-state index >= 15 is 0 Å². The molecule has 1 aliphatic rings. The van der Waals surface area contributed by atoms with Gasteiger partial charge in [0.1, 0.15) is 0 Å². The Balaban J connectivity index is 2.20. The summed E-state index contributed by atoms with van der Waals surface area (Å²) < 4.78 is 2.05. The van der Waals surface area contributed by atoms with Gasteiger partial charge in [-0.3, -0.25) is 4.79 Å². The van der Waals surface area contributed by atoms with Crippen molar-refractivity contribution in [1.82, 2.24) is 9.88 Å². The summed E-state index contributed by atoms with van der Waals surface area (Å²) in [5.41, 5.74) is 1.16. The Morgan fingerprint density at radius 1 is 1.77 bits per heavy atom. The third-order valence-corrected chi connectivity index (χ3v) is 2.36. The normalized spacial score (nSPS) is 21.1. The van der Waals surface area contributed by atoms with E-state index in [1.807, 2.05) is 22.9 Å². The predicted molar refractivity (Wildman–Crippen MR) is 47.4 cm³/mol. The lowest BCUT2D eigenvalue weighted by Gasteiger charge is -2.25. The highest BCUT2D eigenvalue weighted by molar-refractivity contribution is 5.67. The van der Waals surface area contributed by atoms with Crippen molar-refractivity contribution in [2.75, 3.05) is 6.54 Å². The summed E-state index contributed by atoms with van der Waals surface area (Å²) in [5.74, 6) is -0.742. The molecule has 0 aliphatic carbocycles. The third kappa shape index (κ3) is 1.58. The molecular weight excluding hydrogens is 168 g/mol. The molecule has 0 spiro atoms. The van der Waals surface area contributed by atoms with Crippen LogP contribution in [0, 0.1) is 0 Å². The summed E-state index contributed by atoms with van der Waals surface area (Å²) in [6.07, 6.45) is 2.14. The van der Waals surface area contributed by atoms with Gasteiger partial charge >= 0.3 is 5.97 Å². The Bertz CT molecular complexity index is 319. The van der Waals surface area contributed by atoms with Crippen LogP contribution in [-0.2, 0) is 11.3 Å². The molecule has 0 saturated carbocycles. The minimum Gasteiger partial charge on any atom is -0.481 e. The summed E-state index contributed by atoms with van der Waals surface area (Å²) in [6, 6.07) is 4.04. The van der Waals surface area contributed by atoms with Crippen LogP contribution in [0.25, 0.3) is 0 Å². The molecule has 2 rings (SSSR count). The second-order valence-corrected chi connectivity index (χ2v) is 3.29. The van der Waals surface area contributed by atoms with E-state index in [9.17, 15) is 4.79 Å². The quantitative estimate of drug-likeness (QED) is 0.701. The first-order valence-corrected chi connectivity index (χ1v) is 4.35. The van der Waals surface area contributed by atoms with Crippen LogP contribution in [-0.4, -0.2) is 22.2 Å². The van der Waals surface area contributed by atoms with Crippen molar-refractivity contribution in [3.8, 4) is 0 Å². The number of carboxylic acids is 1. The van der Waals surface area contributed by atoms with Gasteiger partial charge in [0.2, 0.25) is 0 Å². The second kappa shape index (κ2) is 3.22. The molecule has 0 radical (unpaired) electrons. The number of aromatic nitrogens is 1. The van der Waals surface area contributed by atoms with Gasteiger partial charge in [-0.25, -0.2) is 0 Å². The summed E-state index contributed by atoms with van der Waals surface area (Å²) in [5, 5.41) is 11.9. The Kier molecular flexibility index (Phi) is 2.06. The molecule has 0 bridgehead atoms. The van der Waals surface area contributed by atoms with Crippen molar-refractivity contribution in [1.29, 1.82) is 0 Å². The lowest BCUT2D eigenvalue weighted by Crippen LogP contribution is -2.33. The topological polar surface area (TPSA) is 54.3 Å². The van der Waals surface area contributed by atoms with Crippen LogP contribution in [0.15, 0.2) is 18.3 Å². The summed E-state index contributed by atoms with van der Waals surface area (Å²) in [6.45, 7) is 1.58. The number of hydrogen-bond acceptors (Lipinski definition) is 2. The smallest absolute Gasteiger partial charge is 0.305 e. The number of rotatable bonds is 2. The summed E-state index contributed by atoms with van der Waals surface area (Å²) in [7, 11) is 0. The minimum absolute atomic E-state index is 0.0660. The van der Waals surface area contributed by atoms with E-state index < -0.39 is 5.97 Å². The van der Waals surface area contributed by atoms with Gasteiger partial charge in [-0.15, -0.1) is 0 Å². The maximum Gasteiger partial charge on any atom is 0.305 e. The standard InChI is InChI=1S/C9H12N2O2/c12-9(13)4-8-6-10-5-7-2-1-3-11(7)8/h1-3,8,10H,4-6H2,(H,12,13). The van der Waals surface area contributed by atoms with Crippen LogP contribution in [0.2, 0.25) is 0 Å². The molecular formula is C9H12N2O2. The molecule has 4 nitrogen and oxygen atoms in total. The van der Waals surface area contributed by atoms with Crippen molar-refractivity contribution >= 4 is 5.97 Å². The van der Waals surface area contributed by atoms with Crippen molar-refractivity contribution < 1.29 is 9.90 Å². The Labute approximate surface area is 76.2 Å². The fourth-order valence-electron chi connectivity index (χ4n) is 1.77. The van der Waals surface area contributed by atoms with Crippen LogP contribution < -0.4 is 5.32 Å². The van der Waals surface area contributed by atoms with Gasteiger partial charge in [0.15, 0.2) is 0 Å². The predicted octanol–water partition coefficient (Wildman–Crippen LogP) is 0.607. The molecule has 0 amide bonds. The number of hydrogen-bond donors (Lipinski definition) is 2. The zero-order valence-corrected chi connectivity index (χ0v) is 7.23. The molecule has 2 N–H and O–H groups in total. The van der Waals surface area contributed by atoms with Crippen molar-refractivity contribution in [2.24, 2.45) is 0 Å². The number of aliphatic carboxylic acids is 1. The molecule has 1 atom stereocenters. The molecule has 0 saturated heterocycles. The molecule has 1 aromatic rings. The number of carboxylic acid groups (broad SMARTS) is 1. The zero-order valence-electron chi connectivity index (χ0n) is 7.23. The Morgan fingerprint density at radius 2 is 2.62 bits per heavy atom. The lowest BCUT2D eigenvalue weighted by atomic mass is 10.1. The van der Waals surface area contributed by atoms with Gasteiger partial charge in [0.25, 0.3) is 0 Å². The molecule has 70 valence electrons. The molecule has 2 heterocycles. The van der Waals surface area contributed by atoms with Crippen LogP contribution >= 0.6 is 0 Å². The van der Waals surface area contributed by atoms with Crippen LogP contribution in [0.4, 0.5) is 0 Å². The molecule has 0 aromatic carbocycles.